The van der Waals surface area contributed by atoms with Crippen LogP contribution >= 0.6 is 0 Å². The number of hydrogen-bond acceptors (Lipinski definition) is 2. The Hall–Kier alpha value is -0.0800. The molecular formula is C6H11NO. The summed E-state index contributed by atoms with van der Waals surface area (Å²) in [5.74, 6) is 0. The van der Waals surface area contributed by atoms with Gasteiger partial charge in [-0.25, -0.2) is 0 Å². The molecule has 1 atom stereocenters. The fourth-order valence-electron chi connectivity index (χ4n) is 1.29. The van der Waals surface area contributed by atoms with Crippen molar-refractivity contribution in [1.29, 1.82) is 0 Å². The first kappa shape index (κ1) is 4.77. The summed E-state index contributed by atoms with van der Waals surface area (Å²) >= 11 is 0. The lowest BCUT2D eigenvalue weighted by molar-refractivity contribution is 0.250. The Morgan fingerprint density at radius 1 is 1.50 bits per heavy atom. The fraction of sp³-hybridized carbons (Fsp3) is 1.00. The molecule has 0 aromatic heterocycles. The van der Waals surface area contributed by atoms with Crippen LogP contribution in [0.15, 0.2) is 0 Å². The van der Waals surface area contributed by atoms with Gasteiger partial charge in [0.2, 0.25) is 0 Å². The van der Waals surface area contributed by atoms with Gasteiger partial charge in [-0.1, -0.05) is 0 Å². The van der Waals surface area contributed by atoms with Gasteiger partial charge in [0.1, 0.15) is 5.60 Å². The third-order valence-electron chi connectivity index (χ3n) is 1.99. The molecule has 2 saturated heterocycles. The summed E-state index contributed by atoms with van der Waals surface area (Å²) in [5, 5.41) is 3.31. The van der Waals surface area contributed by atoms with Crippen LogP contribution in [0.1, 0.15) is 12.8 Å². The molecule has 0 unspecified atom stereocenters. The van der Waals surface area contributed by atoms with Crippen molar-refractivity contribution in [1.82, 2.24) is 5.32 Å². The predicted molar refractivity (Wildman–Crippen MR) is 30.8 cm³/mol. The Kier molecular flexibility index (Phi) is 0.866. The second-order valence-corrected chi connectivity index (χ2v) is 2.75. The molecule has 1 N–H and O–H groups in total. The Morgan fingerprint density at radius 2 is 2.38 bits per heavy atom. The van der Waals surface area contributed by atoms with Crippen molar-refractivity contribution in [2.45, 2.75) is 18.4 Å². The third-order valence-corrected chi connectivity index (χ3v) is 1.99. The summed E-state index contributed by atoms with van der Waals surface area (Å²) in [7, 11) is 0. The molecule has 0 aromatic rings. The summed E-state index contributed by atoms with van der Waals surface area (Å²) in [6.45, 7) is 3.28. The molecule has 2 heteroatoms. The van der Waals surface area contributed by atoms with Crippen LogP contribution in [0, 0.1) is 0 Å². The molecule has 1 spiro atoms. The molecule has 2 heterocycles. The minimum atomic E-state index is 0.318. The van der Waals surface area contributed by atoms with Crippen LogP contribution in [0.3, 0.4) is 0 Å². The first-order valence-corrected chi connectivity index (χ1v) is 3.26. The minimum Gasteiger partial charge on any atom is -0.368 e. The van der Waals surface area contributed by atoms with E-state index in [4.69, 9.17) is 4.74 Å². The maximum Gasteiger partial charge on any atom is 0.104 e. The molecule has 0 radical (unpaired) electrons. The molecule has 2 aliphatic rings. The largest absolute Gasteiger partial charge is 0.368 e. The summed E-state index contributed by atoms with van der Waals surface area (Å²) < 4.78 is 5.27. The van der Waals surface area contributed by atoms with Crippen LogP contribution in [-0.4, -0.2) is 25.3 Å². The summed E-state index contributed by atoms with van der Waals surface area (Å²) in [6, 6.07) is 0. The zero-order valence-corrected chi connectivity index (χ0v) is 4.94. The molecule has 46 valence electrons. The normalized spacial score (nSPS) is 45.0. The van der Waals surface area contributed by atoms with Gasteiger partial charge >= 0.3 is 0 Å². The van der Waals surface area contributed by atoms with E-state index in [2.05, 4.69) is 5.32 Å². The lowest BCUT2D eigenvalue weighted by Gasteiger charge is -2.17. The minimum absolute atomic E-state index is 0.318. The molecule has 0 saturated carbocycles. The Balaban J connectivity index is 1.95. The highest BCUT2D eigenvalue weighted by atomic mass is 16.6. The van der Waals surface area contributed by atoms with E-state index in [-0.39, 0.29) is 0 Å². The van der Waals surface area contributed by atoms with Crippen molar-refractivity contribution in [2.24, 2.45) is 0 Å². The standard InChI is InChI=1S/C6H11NO/c1-2-6(5-8-6)4-7-3-1/h7H,1-5H2/t6-/m0/s1. The van der Waals surface area contributed by atoms with Gasteiger partial charge < -0.3 is 10.1 Å². The first-order chi connectivity index (χ1) is 3.91. The van der Waals surface area contributed by atoms with Crippen molar-refractivity contribution in [3.63, 3.8) is 0 Å². The number of nitrogens with one attached hydrogen (secondary N) is 1. The van der Waals surface area contributed by atoms with Gasteiger partial charge in [0, 0.05) is 6.54 Å². The van der Waals surface area contributed by atoms with E-state index in [1.807, 2.05) is 0 Å². The zero-order valence-electron chi connectivity index (χ0n) is 4.94. The number of ether oxygens (including phenoxy) is 1. The molecular weight excluding hydrogens is 102 g/mol. The zero-order chi connectivity index (χ0) is 5.45. The maximum absolute atomic E-state index is 5.27. The van der Waals surface area contributed by atoms with Gasteiger partial charge in [0.05, 0.1) is 6.61 Å². The molecule has 8 heavy (non-hydrogen) atoms. The third kappa shape index (κ3) is 0.644. The molecule has 0 bridgehead atoms. The van der Waals surface area contributed by atoms with E-state index in [0.717, 1.165) is 13.2 Å². The Labute approximate surface area is 49.2 Å². The van der Waals surface area contributed by atoms with Crippen molar-refractivity contribution < 1.29 is 4.74 Å². The van der Waals surface area contributed by atoms with E-state index < -0.39 is 0 Å². The van der Waals surface area contributed by atoms with Gasteiger partial charge in [-0.3, -0.25) is 0 Å². The molecule has 2 aliphatic heterocycles. The lowest BCUT2D eigenvalue weighted by atomic mass is 10.0. The van der Waals surface area contributed by atoms with Crippen LogP contribution < -0.4 is 5.32 Å². The molecule has 0 aromatic carbocycles. The maximum atomic E-state index is 5.27. The highest BCUT2D eigenvalue weighted by molar-refractivity contribution is 4.96. The number of piperidine rings is 1. The van der Waals surface area contributed by atoms with Crippen molar-refractivity contribution in [2.75, 3.05) is 19.7 Å². The van der Waals surface area contributed by atoms with Crippen LogP contribution in [0.5, 0.6) is 0 Å². The fourth-order valence-corrected chi connectivity index (χ4v) is 1.29. The van der Waals surface area contributed by atoms with Crippen molar-refractivity contribution >= 4 is 0 Å². The Bertz CT molecular complexity index is 90.7. The molecule has 2 nitrogen and oxygen atoms in total. The number of rotatable bonds is 0. The van der Waals surface area contributed by atoms with Gasteiger partial charge in [-0.15, -0.1) is 0 Å². The van der Waals surface area contributed by atoms with Crippen molar-refractivity contribution in [3.8, 4) is 0 Å². The summed E-state index contributed by atoms with van der Waals surface area (Å²) in [4.78, 5) is 0. The highest BCUT2D eigenvalue weighted by Gasteiger charge is 2.44. The Morgan fingerprint density at radius 3 is 2.75 bits per heavy atom. The SMILES string of the molecule is C1CNC[C@@]2(C1)CO2. The van der Waals surface area contributed by atoms with Crippen LogP contribution in [0.2, 0.25) is 0 Å². The van der Waals surface area contributed by atoms with Gasteiger partial charge in [0.15, 0.2) is 0 Å². The van der Waals surface area contributed by atoms with Crippen LogP contribution in [0.25, 0.3) is 0 Å². The monoisotopic (exact) mass is 113 g/mol. The molecule has 2 fully saturated rings. The molecule has 2 rings (SSSR count). The van der Waals surface area contributed by atoms with E-state index in [0.29, 0.717) is 5.60 Å². The van der Waals surface area contributed by atoms with E-state index >= 15 is 0 Å². The average Bonchev–Trinajstić information content (AvgIpc) is 2.52. The van der Waals surface area contributed by atoms with Crippen LogP contribution in [0.4, 0.5) is 0 Å². The van der Waals surface area contributed by atoms with E-state index in [1.165, 1.54) is 19.4 Å². The van der Waals surface area contributed by atoms with Crippen LogP contribution in [-0.2, 0) is 4.74 Å². The lowest BCUT2D eigenvalue weighted by Crippen LogP contribution is -2.36. The number of epoxide rings is 1. The average molecular weight is 113 g/mol. The van der Waals surface area contributed by atoms with E-state index in [9.17, 15) is 0 Å². The highest BCUT2D eigenvalue weighted by Crippen LogP contribution is 2.32. The molecule has 0 amide bonds. The van der Waals surface area contributed by atoms with E-state index in [1.54, 1.807) is 0 Å². The van der Waals surface area contributed by atoms with Gasteiger partial charge in [-0.2, -0.15) is 0 Å². The van der Waals surface area contributed by atoms with Crippen molar-refractivity contribution in [3.05, 3.63) is 0 Å². The quantitative estimate of drug-likeness (QED) is 0.452. The van der Waals surface area contributed by atoms with Gasteiger partial charge in [-0.05, 0) is 19.4 Å². The molecule has 0 aliphatic carbocycles. The van der Waals surface area contributed by atoms with Gasteiger partial charge in [0.25, 0.3) is 0 Å². The predicted octanol–water partition coefficient (Wildman–Crippen LogP) is 0.139. The summed E-state index contributed by atoms with van der Waals surface area (Å²) in [5.41, 5.74) is 0.318. The first-order valence-electron chi connectivity index (χ1n) is 3.26. The topological polar surface area (TPSA) is 24.6 Å². The smallest absolute Gasteiger partial charge is 0.104 e. The number of hydrogen-bond donors (Lipinski definition) is 1. The second-order valence-electron chi connectivity index (χ2n) is 2.75. The second kappa shape index (κ2) is 1.45. The summed E-state index contributed by atoms with van der Waals surface area (Å²) in [6.07, 6.45) is 2.57.